The number of fused-ring (bicyclic) bond motifs is 1. The van der Waals surface area contributed by atoms with E-state index in [4.69, 9.17) is 4.74 Å². The van der Waals surface area contributed by atoms with E-state index in [1.807, 2.05) is 12.1 Å². The summed E-state index contributed by atoms with van der Waals surface area (Å²) in [5, 5.41) is 3.17. The number of nitrogens with one attached hydrogen (secondary N) is 1. The van der Waals surface area contributed by atoms with Gasteiger partial charge in [0.2, 0.25) is 5.91 Å². The first kappa shape index (κ1) is 20.7. The molecule has 0 aliphatic carbocycles. The number of nitrogens with zero attached hydrogens (tertiary/aromatic N) is 1. The van der Waals surface area contributed by atoms with E-state index in [1.165, 1.54) is 21.6 Å². The van der Waals surface area contributed by atoms with Gasteiger partial charge in [-0.25, -0.2) is 0 Å². The molecule has 2 aromatic carbocycles. The van der Waals surface area contributed by atoms with Gasteiger partial charge in [0.1, 0.15) is 5.75 Å². The summed E-state index contributed by atoms with van der Waals surface area (Å²) in [5.41, 5.74) is 3.69. The summed E-state index contributed by atoms with van der Waals surface area (Å²) in [5.74, 6) is 0.969. The third kappa shape index (κ3) is 4.70. The number of methoxy groups -OCH3 is 1. The Hall–Kier alpha value is -1.98. The maximum Gasteiger partial charge on any atom is 0.233 e. The summed E-state index contributed by atoms with van der Waals surface area (Å²) < 4.78 is 5.40. The van der Waals surface area contributed by atoms with Crippen LogP contribution in [-0.4, -0.2) is 42.8 Å². The van der Waals surface area contributed by atoms with Crippen molar-refractivity contribution in [3.8, 4) is 5.75 Å². The summed E-state index contributed by atoms with van der Waals surface area (Å²) in [6.07, 6.45) is 0.807. The number of hydrogen-bond acceptors (Lipinski definition) is 4. The molecule has 0 saturated carbocycles. The number of benzene rings is 2. The molecule has 1 N–H and O–H groups in total. The Balaban J connectivity index is 1.69. The van der Waals surface area contributed by atoms with Crippen molar-refractivity contribution >= 4 is 17.7 Å². The van der Waals surface area contributed by atoms with Crippen LogP contribution in [0.5, 0.6) is 5.75 Å². The van der Waals surface area contributed by atoms with Crippen molar-refractivity contribution in [3.63, 3.8) is 0 Å². The Morgan fingerprint density at radius 1 is 1.25 bits per heavy atom. The second kappa shape index (κ2) is 9.48. The van der Waals surface area contributed by atoms with Gasteiger partial charge in [-0.3, -0.25) is 9.69 Å². The lowest BCUT2D eigenvalue weighted by atomic mass is 10.0. The fraction of sp³-hybridized carbons (Fsp3) is 0.435. The van der Waals surface area contributed by atoms with Crippen molar-refractivity contribution in [2.45, 2.75) is 43.4 Å². The van der Waals surface area contributed by atoms with Gasteiger partial charge < -0.3 is 10.1 Å². The Morgan fingerprint density at radius 3 is 2.75 bits per heavy atom. The third-order valence-electron chi connectivity index (χ3n) is 5.39. The molecule has 2 atom stereocenters. The summed E-state index contributed by atoms with van der Waals surface area (Å²) in [4.78, 5) is 16.5. The Labute approximate surface area is 172 Å². The lowest BCUT2D eigenvalue weighted by Crippen LogP contribution is -2.41. The summed E-state index contributed by atoms with van der Waals surface area (Å²) in [6.45, 7) is 8.86. The molecule has 1 aliphatic rings. The zero-order chi connectivity index (χ0) is 20.1. The minimum absolute atomic E-state index is 0.0422. The summed E-state index contributed by atoms with van der Waals surface area (Å²) in [7, 11) is 1.68. The van der Waals surface area contributed by atoms with Crippen LogP contribution in [0, 0.1) is 6.92 Å². The number of carbonyl (C=O) groups excluding carboxylic acids is 1. The highest BCUT2D eigenvalue weighted by Gasteiger charge is 2.29. The highest BCUT2D eigenvalue weighted by atomic mass is 32.2. The molecule has 1 heterocycles. The van der Waals surface area contributed by atoms with E-state index in [2.05, 4.69) is 61.3 Å². The smallest absolute Gasteiger partial charge is 0.233 e. The molecule has 1 amide bonds. The maximum absolute atomic E-state index is 12.9. The van der Waals surface area contributed by atoms with Gasteiger partial charge in [-0.05, 0) is 55.8 Å². The largest absolute Gasteiger partial charge is 0.497 e. The van der Waals surface area contributed by atoms with E-state index in [9.17, 15) is 4.79 Å². The van der Waals surface area contributed by atoms with Gasteiger partial charge in [-0.2, -0.15) is 0 Å². The van der Waals surface area contributed by atoms with Crippen molar-refractivity contribution in [1.82, 2.24) is 10.2 Å². The monoisotopic (exact) mass is 398 g/mol. The van der Waals surface area contributed by atoms with Crippen molar-refractivity contribution in [2.75, 3.05) is 26.7 Å². The first-order valence-corrected chi connectivity index (χ1v) is 10.9. The van der Waals surface area contributed by atoms with Crippen LogP contribution in [-0.2, 0) is 11.2 Å². The van der Waals surface area contributed by atoms with E-state index in [1.54, 1.807) is 18.9 Å². The minimum atomic E-state index is -0.0422. The first-order valence-electron chi connectivity index (χ1n) is 9.97. The van der Waals surface area contributed by atoms with Crippen LogP contribution in [0.1, 0.15) is 36.6 Å². The zero-order valence-electron chi connectivity index (χ0n) is 17.2. The maximum atomic E-state index is 12.9. The van der Waals surface area contributed by atoms with Gasteiger partial charge in [-0.1, -0.05) is 43.7 Å². The Morgan fingerprint density at radius 2 is 2.04 bits per heavy atom. The zero-order valence-corrected chi connectivity index (χ0v) is 18.0. The van der Waals surface area contributed by atoms with Crippen LogP contribution in [0.3, 0.4) is 0 Å². The fourth-order valence-electron chi connectivity index (χ4n) is 3.76. The van der Waals surface area contributed by atoms with Crippen LogP contribution in [0.2, 0.25) is 0 Å². The lowest BCUT2D eigenvalue weighted by molar-refractivity contribution is -0.120. The number of thioether (sulfide) groups is 1. The topological polar surface area (TPSA) is 41.6 Å². The molecule has 0 radical (unpaired) electrons. The highest BCUT2D eigenvalue weighted by Crippen LogP contribution is 2.37. The SMILES string of the molecule is CCN(CC)C(CNC(=O)C1Cc2ccc(C)cc2S1)c1cccc(OC)c1. The van der Waals surface area contributed by atoms with Gasteiger partial charge in [0.25, 0.3) is 0 Å². The van der Waals surface area contributed by atoms with E-state index in [-0.39, 0.29) is 17.2 Å². The second-order valence-corrected chi connectivity index (χ2v) is 8.43. The lowest BCUT2D eigenvalue weighted by Gasteiger charge is -2.30. The molecule has 0 fully saturated rings. The molecule has 0 aromatic heterocycles. The molecule has 1 aliphatic heterocycles. The van der Waals surface area contributed by atoms with Gasteiger partial charge in [0.15, 0.2) is 0 Å². The average Bonchev–Trinajstić information content (AvgIpc) is 3.14. The molecule has 2 aromatic rings. The van der Waals surface area contributed by atoms with Crippen LogP contribution in [0.25, 0.3) is 0 Å². The number of rotatable bonds is 8. The molecule has 4 nitrogen and oxygen atoms in total. The normalized spacial score (nSPS) is 16.7. The van der Waals surface area contributed by atoms with Crippen LogP contribution >= 0.6 is 11.8 Å². The molecule has 0 bridgehead atoms. The minimum Gasteiger partial charge on any atom is -0.497 e. The van der Waals surface area contributed by atoms with E-state index in [0.29, 0.717) is 6.54 Å². The molecule has 0 saturated heterocycles. The van der Waals surface area contributed by atoms with E-state index in [0.717, 1.165) is 25.3 Å². The van der Waals surface area contributed by atoms with Gasteiger partial charge in [0, 0.05) is 11.4 Å². The second-order valence-electron chi connectivity index (χ2n) is 7.18. The average molecular weight is 399 g/mol. The third-order valence-corrected chi connectivity index (χ3v) is 6.69. The van der Waals surface area contributed by atoms with Gasteiger partial charge in [0.05, 0.1) is 18.4 Å². The summed E-state index contributed by atoms with van der Waals surface area (Å²) in [6, 6.07) is 14.7. The number of ether oxygens (including phenoxy) is 1. The number of hydrogen-bond donors (Lipinski definition) is 1. The van der Waals surface area contributed by atoms with E-state index >= 15 is 0 Å². The molecule has 28 heavy (non-hydrogen) atoms. The molecule has 150 valence electrons. The van der Waals surface area contributed by atoms with Crippen LogP contribution < -0.4 is 10.1 Å². The number of aryl methyl sites for hydroxylation is 1. The number of amides is 1. The van der Waals surface area contributed by atoms with Crippen LogP contribution in [0.15, 0.2) is 47.4 Å². The Bertz CT molecular complexity index is 820. The Kier molecular flexibility index (Phi) is 7.03. The van der Waals surface area contributed by atoms with Crippen molar-refractivity contribution in [1.29, 1.82) is 0 Å². The quantitative estimate of drug-likeness (QED) is 0.723. The predicted molar refractivity (Wildman–Crippen MR) is 116 cm³/mol. The highest BCUT2D eigenvalue weighted by molar-refractivity contribution is 8.01. The fourth-order valence-corrected chi connectivity index (χ4v) is 5.08. The van der Waals surface area contributed by atoms with Crippen molar-refractivity contribution in [3.05, 3.63) is 59.2 Å². The van der Waals surface area contributed by atoms with Gasteiger partial charge >= 0.3 is 0 Å². The van der Waals surface area contributed by atoms with E-state index < -0.39 is 0 Å². The molecular formula is C23H30N2O2S. The number of likely N-dealkylation sites (N-methyl/N-ethyl adjacent to an activating group) is 1. The predicted octanol–water partition coefficient (Wildman–Crippen LogP) is 4.22. The standard InChI is InChI=1S/C23H30N2O2S/c1-5-25(6-2)20(17-8-7-9-19(13-17)27-4)15-24-23(26)22-14-18-11-10-16(3)12-21(18)28-22/h7-13,20,22H,5-6,14-15H2,1-4H3,(H,24,26). The van der Waals surface area contributed by atoms with Crippen LogP contribution in [0.4, 0.5) is 0 Å². The molecule has 3 rings (SSSR count). The number of carbonyl (C=O) groups is 1. The summed E-state index contributed by atoms with van der Waals surface area (Å²) >= 11 is 1.69. The molecular weight excluding hydrogens is 368 g/mol. The van der Waals surface area contributed by atoms with Crippen molar-refractivity contribution in [2.24, 2.45) is 0 Å². The molecule has 2 unspecified atom stereocenters. The molecule has 5 heteroatoms. The molecule has 0 spiro atoms. The first-order chi connectivity index (χ1) is 13.5. The van der Waals surface area contributed by atoms with Crippen molar-refractivity contribution < 1.29 is 9.53 Å². The van der Waals surface area contributed by atoms with Gasteiger partial charge in [-0.15, -0.1) is 11.8 Å².